The third kappa shape index (κ3) is 3.55. The van der Waals surface area contributed by atoms with Gasteiger partial charge in [0.1, 0.15) is 0 Å². The molecule has 1 N–H and O–H groups in total. The standard InChI is InChI=1S/C14H11IN2OS/c1-9(11-4-2-10(7-16)3-5-11)17-14(18)12-6-13(15)19-8-12/h2-6,8-9H,1H3,(H,17,18). The van der Waals surface area contributed by atoms with Crippen molar-refractivity contribution in [2.24, 2.45) is 0 Å². The number of nitrogens with zero attached hydrogens (tertiary/aromatic N) is 1. The number of rotatable bonds is 3. The van der Waals surface area contributed by atoms with E-state index >= 15 is 0 Å². The molecule has 2 aromatic rings. The fourth-order valence-electron chi connectivity index (χ4n) is 1.64. The summed E-state index contributed by atoms with van der Waals surface area (Å²) < 4.78 is 1.09. The highest BCUT2D eigenvalue weighted by molar-refractivity contribution is 14.1. The van der Waals surface area contributed by atoms with E-state index in [4.69, 9.17) is 5.26 Å². The molecule has 0 saturated heterocycles. The van der Waals surface area contributed by atoms with E-state index in [9.17, 15) is 4.79 Å². The van der Waals surface area contributed by atoms with Crippen LogP contribution in [0.25, 0.3) is 0 Å². The summed E-state index contributed by atoms with van der Waals surface area (Å²) in [6.07, 6.45) is 0. The van der Waals surface area contributed by atoms with E-state index in [2.05, 4.69) is 34.0 Å². The summed E-state index contributed by atoms with van der Waals surface area (Å²) in [5, 5.41) is 13.5. The molecular weight excluding hydrogens is 371 g/mol. The zero-order chi connectivity index (χ0) is 13.8. The van der Waals surface area contributed by atoms with Gasteiger partial charge in [0.15, 0.2) is 0 Å². The molecule has 1 aromatic carbocycles. The fourth-order valence-corrected chi connectivity index (χ4v) is 2.97. The van der Waals surface area contributed by atoms with Gasteiger partial charge in [-0.2, -0.15) is 5.26 Å². The van der Waals surface area contributed by atoms with Crippen molar-refractivity contribution >= 4 is 39.8 Å². The molecule has 5 heteroatoms. The third-order valence-electron chi connectivity index (χ3n) is 2.72. The van der Waals surface area contributed by atoms with Crippen molar-refractivity contribution in [3.05, 3.63) is 55.3 Å². The summed E-state index contributed by atoms with van der Waals surface area (Å²) in [6.45, 7) is 1.93. The molecule has 0 spiro atoms. The number of hydrogen-bond acceptors (Lipinski definition) is 3. The first-order valence-corrected chi connectivity index (χ1v) is 7.61. The van der Waals surface area contributed by atoms with Crippen molar-refractivity contribution < 1.29 is 4.79 Å². The average molecular weight is 382 g/mol. The van der Waals surface area contributed by atoms with Crippen molar-refractivity contribution in [2.75, 3.05) is 0 Å². The second-order valence-corrected chi connectivity index (χ2v) is 6.87. The normalized spacial score (nSPS) is 11.6. The first kappa shape index (κ1) is 14.0. The number of hydrogen-bond donors (Lipinski definition) is 1. The highest BCUT2D eigenvalue weighted by Crippen LogP contribution is 2.18. The highest BCUT2D eigenvalue weighted by atomic mass is 127. The van der Waals surface area contributed by atoms with Gasteiger partial charge in [-0.1, -0.05) is 12.1 Å². The van der Waals surface area contributed by atoms with Gasteiger partial charge >= 0.3 is 0 Å². The molecular formula is C14H11IN2OS. The molecule has 96 valence electrons. The van der Waals surface area contributed by atoms with Gasteiger partial charge in [-0.05, 0) is 53.3 Å². The lowest BCUT2D eigenvalue weighted by atomic mass is 10.1. The van der Waals surface area contributed by atoms with Crippen molar-refractivity contribution in [1.82, 2.24) is 5.32 Å². The minimum absolute atomic E-state index is 0.0731. The van der Waals surface area contributed by atoms with E-state index in [0.717, 1.165) is 8.45 Å². The predicted octanol–water partition coefficient (Wildman–Crippen LogP) is 3.72. The summed E-state index contributed by atoms with van der Waals surface area (Å²) in [7, 11) is 0. The SMILES string of the molecule is CC(NC(=O)c1csc(I)c1)c1ccc(C#N)cc1. The second kappa shape index (κ2) is 6.17. The van der Waals surface area contributed by atoms with Crippen LogP contribution in [-0.4, -0.2) is 5.91 Å². The van der Waals surface area contributed by atoms with Gasteiger partial charge in [0.05, 0.1) is 26.1 Å². The molecule has 1 atom stereocenters. The molecule has 0 bridgehead atoms. The van der Waals surface area contributed by atoms with Gasteiger partial charge in [0.25, 0.3) is 5.91 Å². The molecule has 3 nitrogen and oxygen atoms in total. The predicted molar refractivity (Wildman–Crippen MR) is 84.1 cm³/mol. The molecule has 0 aliphatic heterocycles. The lowest BCUT2D eigenvalue weighted by molar-refractivity contribution is 0.0940. The monoisotopic (exact) mass is 382 g/mol. The van der Waals surface area contributed by atoms with Crippen LogP contribution in [0.5, 0.6) is 0 Å². The van der Waals surface area contributed by atoms with Crippen molar-refractivity contribution in [1.29, 1.82) is 5.26 Å². The summed E-state index contributed by atoms with van der Waals surface area (Å²) in [5.74, 6) is -0.0731. The number of nitrogens with one attached hydrogen (secondary N) is 1. The topological polar surface area (TPSA) is 52.9 Å². The van der Waals surface area contributed by atoms with Crippen LogP contribution in [0, 0.1) is 14.2 Å². The molecule has 1 heterocycles. The van der Waals surface area contributed by atoms with Crippen LogP contribution < -0.4 is 5.32 Å². The molecule has 0 fully saturated rings. The Morgan fingerprint density at radius 3 is 2.63 bits per heavy atom. The van der Waals surface area contributed by atoms with Gasteiger partial charge in [-0.25, -0.2) is 0 Å². The molecule has 1 unspecified atom stereocenters. The first-order chi connectivity index (χ1) is 9.10. The molecule has 0 saturated carbocycles. The Hall–Kier alpha value is -1.39. The van der Waals surface area contributed by atoms with Crippen LogP contribution in [0.4, 0.5) is 0 Å². The Labute approximate surface area is 129 Å². The van der Waals surface area contributed by atoms with E-state index in [-0.39, 0.29) is 11.9 Å². The van der Waals surface area contributed by atoms with Crippen molar-refractivity contribution in [3.8, 4) is 6.07 Å². The van der Waals surface area contributed by atoms with Crippen LogP contribution in [-0.2, 0) is 0 Å². The molecule has 1 amide bonds. The minimum atomic E-state index is -0.0854. The van der Waals surface area contributed by atoms with Gasteiger partial charge < -0.3 is 5.32 Å². The number of halogens is 1. The van der Waals surface area contributed by atoms with Crippen LogP contribution in [0.3, 0.4) is 0 Å². The lowest BCUT2D eigenvalue weighted by Crippen LogP contribution is -2.26. The third-order valence-corrected chi connectivity index (χ3v) is 4.51. The maximum Gasteiger partial charge on any atom is 0.252 e. The van der Waals surface area contributed by atoms with Gasteiger partial charge in [0.2, 0.25) is 0 Å². The van der Waals surface area contributed by atoms with Gasteiger partial charge in [-0.15, -0.1) is 11.3 Å². The average Bonchev–Trinajstić information content (AvgIpc) is 2.85. The van der Waals surface area contributed by atoms with E-state index in [1.807, 2.05) is 30.5 Å². The molecule has 0 aliphatic carbocycles. The first-order valence-electron chi connectivity index (χ1n) is 5.65. The summed E-state index contributed by atoms with van der Waals surface area (Å²) in [4.78, 5) is 12.0. The van der Waals surface area contributed by atoms with E-state index in [1.54, 1.807) is 23.5 Å². The Morgan fingerprint density at radius 1 is 1.42 bits per heavy atom. The van der Waals surface area contributed by atoms with Crippen LogP contribution in [0.2, 0.25) is 0 Å². The largest absolute Gasteiger partial charge is 0.345 e. The molecule has 0 radical (unpaired) electrons. The van der Waals surface area contributed by atoms with Crippen molar-refractivity contribution in [3.63, 3.8) is 0 Å². The molecule has 0 aliphatic rings. The number of carbonyl (C=O) groups excluding carboxylic acids is 1. The molecule has 2 rings (SSSR count). The van der Waals surface area contributed by atoms with Gasteiger partial charge in [-0.3, -0.25) is 4.79 Å². The number of carbonyl (C=O) groups is 1. The van der Waals surface area contributed by atoms with Crippen LogP contribution >= 0.6 is 33.9 Å². The van der Waals surface area contributed by atoms with Crippen LogP contribution in [0.1, 0.15) is 34.5 Å². The number of thiophene rings is 1. The molecule has 19 heavy (non-hydrogen) atoms. The lowest BCUT2D eigenvalue weighted by Gasteiger charge is -2.13. The van der Waals surface area contributed by atoms with E-state index < -0.39 is 0 Å². The summed E-state index contributed by atoms with van der Waals surface area (Å²) in [5.41, 5.74) is 2.29. The number of benzene rings is 1. The second-order valence-electron chi connectivity index (χ2n) is 4.07. The quantitative estimate of drug-likeness (QED) is 0.823. The number of amides is 1. The fraction of sp³-hybridized carbons (Fsp3) is 0.143. The zero-order valence-electron chi connectivity index (χ0n) is 10.2. The van der Waals surface area contributed by atoms with E-state index in [0.29, 0.717) is 11.1 Å². The summed E-state index contributed by atoms with van der Waals surface area (Å²) >= 11 is 3.75. The zero-order valence-corrected chi connectivity index (χ0v) is 13.2. The Balaban J connectivity index is 2.06. The van der Waals surface area contributed by atoms with Gasteiger partial charge in [0, 0.05) is 5.38 Å². The smallest absolute Gasteiger partial charge is 0.252 e. The Morgan fingerprint density at radius 2 is 2.11 bits per heavy atom. The maximum absolute atomic E-state index is 12.0. The summed E-state index contributed by atoms with van der Waals surface area (Å²) in [6, 6.07) is 11.1. The van der Waals surface area contributed by atoms with Crippen LogP contribution in [0.15, 0.2) is 35.7 Å². The minimum Gasteiger partial charge on any atom is -0.345 e. The Bertz CT molecular complexity index is 628. The highest BCUT2D eigenvalue weighted by Gasteiger charge is 2.12. The molecule has 1 aromatic heterocycles. The number of nitriles is 1. The Kier molecular flexibility index (Phi) is 4.56. The maximum atomic E-state index is 12.0. The van der Waals surface area contributed by atoms with Crippen molar-refractivity contribution in [2.45, 2.75) is 13.0 Å². The van der Waals surface area contributed by atoms with E-state index in [1.165, 1.54) is 0 Å².